The number of carbonyl (C=O) groups is 1. The third-order valence-electron chi connectivity index (χ3n) is 3.98. The van der Waals surface area contributed by atoms with E-state index in [1.807, 2.05) is 61.6 Å². The van der Waals surface area contributed by atoms with Crippen LogP contribution in [0, 0.1) is 0 Å². The van der Waals surface area contributed by atoms with Crippen LogP contribution in [0.15, 0.2) is 54.6 Å². The molecule has 0 spiro atoms. The van der Waals surface area contributed by atoms with Gasteiger partial charge in [0, 0.05) is 6.04 Å². The molecule has 0 aliphatic carbocycles. The van der Waals surface area contributed by atoms with E-state index in [0.29, 0.717) is 24.0 Å². The van der Waals surface area contributed by atoms with Gasteiger partial charge in [0.25, 0.3) is 0 Å². The van der Waals surface area contributed by atoms with Gasteiger partial charge in [-0.25, -0.2) is 0 Å². The second-order valence-corrected chi connectivity index (χ2v) is 6.01. The van der Waals surface area contributed by atoms with Crippen LogP contribution in [0.2, 0.25) is 0 Å². The quantitative estimate of drug-likeness (QED) is 0.774. The van der Waals surface area contributed by atoms with Crippen molar-refractivity contribution >= 4 is 11.6 Å². The molecule has 0 aliphatic rings. The molecular weight excluding hydrogens is 300 g/mol. The summed E-state index contributed by atoms with van der Waals surface area (Å²) in [4.78, 5) is 14.4. The van der Waals surface area contributed by atoms with Crippen LogP contribution in [-0.4, -0.2) is 30.4 Å². The first-order valence-corrected chi connectivity index (χ1v) is 8.42. The molecular formula is C20H26N2O2. The lowest BCUT2D eigenvalue weighted by Gasteiger charge is -2.23. The standard InChI is InChI=1S/C20H26N2O2/c1-4-10-16(2)22(3)15-20(23)21-18-13-8-9-14-19(18)24-17-11-6-5-7-12-17/h5-9,11-14,16H,4,10,15H2,1-3H3,(H,21,23). The van der Waals surface area contributed by atoms with Gasteiger partial charge in [0.05, 0.1) is 12.2 Å². The van der Waals surface area contributed by atoms with E-state index in [4.69, 9.17) is 4.74 Å². The number of nitrogens with zero attached hydrogens (tertiary/aromatic N) is 1. The molecule has 2 aromatic carbocycles. The van der Waals surface area contributed by atoms with E-state index in [1.165, 1.54) is 0 Å². The first kappa shape index (κ1) is 18.0. The average molecular weight is 326 g/mol. The Labute approximate surface area is 144 Å². The Balaban J connectivity index is 2.00. The predicted molar refractivity (Wildman–Crippen MR) is 98.6 cm³/mol. The van der Waals surface area contributed by atoms with Crippen molar-refractivity contribution < 1.29 is 9.53 Å². The molecule has 0 saturated heterocycles. The molecule has 1 unspecified atom stereocenters. The topological polar surface area (TPSA) is 41.6 Å². The van der Waals surface area contributed by atoms with Crippen molar-refractivity contribution in [1.29, 1.82) is 0 Å². The molecule has 1 atom stereocenters. The van der Waals surface area contributed by atoms with Crippen LogP contribution >= 0.6 is 0 Å². The summed E-state index contributed by atoms with van der Waals surface area (Å²) in [6.07, 6.45) is 2.19. The fourth-order valence-corrected chi connectivity index (χ4v) is 2.48. The van der Waals surface area contributed by atoms with E-state index >= 15 is 0 Å². The number of likely N-dealkylation sites (N-methyl/N-ethyl adjacent to an activating group) is 1. The first-order valence-electron chi connectivity index (χ1n) is 8.42. The zero-order valence-electron chi connectivity index (χ0n) is 14.7. The smallest absolute Gasteiger partial charge is 0.238 e. The number of hydrogen-bond donors (Lipinski definition) is 1. The lowest BCUT2D eigenvalue weighted by atomic mass is 10.2. The van der Waals surface area contributed by atoms with Crippen molar-refractivity contribution in [2.45, 2.75) is 32.7 Å². The Morgan fingerprint density at radius 2 is 1.79 bits per heavy atom. The number of anilines is 1. The molecule has 2 rings (SSSR count). The molecule has 0 aromatic heterocycles. The van der Waals surface area contributed by atoms with Crippen LogP contribution in [0.1, 0.15) is 26.7 Å². The maximum absolute atomic E-state index is 12.3. The Morgan fingerprint density at radius 1 is 1.12 bits per heavy atom. The number of amides is 1. The molecule has 0 heterocycles. The maximum Gasteiger partial charge on any atom is 0.238 e. The Bertz CT molecular complexity index is 643. The van der Waals surface area contributed by atoms with Gasteiger partial charge in [-0.05, 0) is 44.7 Å². The molecule has 0 radical (unpaired) electrons. The molecule has 4 heteroatoms. The number of hydrogen-bond acceptors (Lipinski definition) is 3. The van der Waals surface area contributed by atoms with Crippen LogP contribution in [0.3, 0.4) is 0 Å². The Kier molecular flexibility index (Phi) is 6.82. The second kappa shape index (κ2) is 9.08. The Morgan fingerprint density at radius 3 is 2.50 bits per heavy atom. The highest BCUT2D eigenvalue weighted by Gasteiger charge is 2.14. The minimum Gasteiger partial charge on any atom is -0.455 e. The minimum atomic E-state index is -0.0374. The molecule has 128 valence electrons. The van der Waals surface area contributed by atoms with Crippen LogP contribution in [0.5, 0.6) is 11.5 Å². The van der Waals surface area contributed by atoms with Gasteiger partial charge in [-0.15, -0.1) is 0 Å². The number of nitrogens with one attached hydrogen (secondary N) is 1. The summed E-state index contributed by atoms with van der Waals surface area (Å²) in [5, 5.41) is 2.95. The number of benzene rings is 2. The van der Waals surface area contributed by atoms with Gasteiger partial charge in [0.15, 0.2) is 5.75 Å². The van der Waals surface area contributed by atoms with Crippen LogP contribution in [0.25, 0.3) is 0 Å². The van der Waals surface area contributed by atoms with Crippen molar-refractivity contribution in [3.63, 3.8) is 0 Å². The molecule has 0 aliphatic heterocycles. The Hall–Kier alpha value is -2.33. The SMILES string of the molecule is CCCC(C)N(C)CC(=O)Nc1ccccc1Oc1ccccc1. The zero-order chi connectivity index (χ0) is 17.4. The number of para-hydroxylation sites is 3. The highest BCUT2D eigenvalue weighted by Crippen LogP contribution is 2.29. The summed E-state index contributed by atoms with van der Waals surface area (Å²) in [7, 11) is 1.98. The third-order valence-corrected chi connectivity index (χ3v) is 3.98. The van der Waals surface area contributed by atoms with Crippen molar-refractivity contribution in [3.05, 3.63) is 54.6 Å². The van der Waals surface area contributed by atoms with Gasteiger partial charge in [0.2, 0.25) is 5.91 Å². The second-order valence-electron chi connectivity index (χ2n) is 6.01. The van der Waals surface area contributed by atoms with E-state index in [0.717, 1.165) is 18.6 Å². The van der Waals surface area contributed by atoms with Crippen molar-refractivity contribution in [3.8, 4) is 11.5 Å². The number of rotatable bonds is 8. The van der Waals surface area contributed by atoms with Crippen molar-refractivity contribution in [2.24, 2.45) is 0 Å². The average Bonchev–Trinajstić information content (AvgIpc) is 2.57. The number of ether oxygens (including phenoxy) is 1. The summed E-state index contributed by atoms with van der Waals surface area (Å²) in [5.41, 5.74) is 0.683. The lowest BCUT2D eigenvalue weighted by molar-refractivity contribution is -0.117. The lowest BCUT2D eigenvalue weighted by Crippen LogP contribution is -2.36. The van der Waals surface area contributed by atoms with E-state index in [1.54, 1.807) is 0 Å². The van der Waals surface area contributed by atoms with Gasteiger partial charge >= 0.3 is 0 Å². The summed E-state index contributed by atoms with van der Waals surface area (Å²) in [5.74, 6) is 1.35. The molecule has 1 amide bonds. The maximum atomic E-state index is 12.3. The molecule has 4 nitrogen and oxygen atoms in total. The van der Waals surface area contributed by atoms with Crippen molar-refractivity contribution in [1.82, 2.24) is 4.90 Å². The van der Waals surface area contributed by atoms with Crippen molar-refractivity contribution in [2.75, 3.05) is 18.9 Å². The van der Waals surface area contributed by atoms with Gasteiger partial charge in [-0.3, -0.25) is 9.69 Å². The molecule has 0 bridgehead atoms. The van der Waals surface area contributed by atoms with Gasteiger partial charge in [0.1, 0.15) is 5.75 Å². The monoisotopic (exact) mass is 326 g/mol. The van der Waals surface area contributed by atoms with Gasteiger partial charge < -0.3 is 10.1 Å². The summed E-state index contributed by atoms with van der Waals surface area (Å²) >= 11 is 0. The molecule has 2 aromatic rings. The highest BCUT2D eigenvalue weighted by molar-refractivity contribution is 5.93. The zero-order valence-corrected chi connectivity index (χ0v) is 14.7. The summed E-state index contributed by atoms with van der Waals surface area (Å²) in [6, 6.07) is 17.4. The van der Waals surface area contributed by atoms with Crippen LogP contribution in [-0.2, 0) is 4.79 Å². The first-order chi connectivity index (χ1) is 11.6. The predicted octanol–water partition coefficient (Wildman–Crippen LogP) is 4.54. The van der Waals surface area contributed by atoms with E-state index in [9.17, 15) is 4.79 Å². The van der Waals surface area contributed by atoms with E-state index in [-0.39, 0.29) is 5.91 Å². The summed E-state index contributed by atoms with van der Waals surface area (Å²) in [6.45, 7) is 4.66. The van der Waals surface area contributed by atoms with Gasteiger partial charge in [-0.2, -0.15) is 0 Å². The normalized spacial score (nSPS) is 12.0. The largest absolute Gasteiger partial charge is 0.455 e. The summed E-state index contributed by atoms with van der Waals surface area (Å²) < 4.78 is 5.87. The molecule has 24 heavy (non-hydrogen) atoms. The molecule has 0 saturated carbocycles. The molecule has 0 fully saturated rings. The fourth-order valence-electron chi connectivity index (χ4n) is 2.48. The van der Waals surface area contributed by atoms with Crippen LogP contribution < -0.4 is 10.1 Å². The third kappa shape index (κ3) is 5.39. The fraction of sp³-hybridized carbons (Fsp3) is 0.350. The highest BCUT2D eigenvalue weighted by atomic mass is 16.5. The van der Waals surface area contributed by atoms with Crippen LogP contribution in [0.4, 0.5) is 5.69 Å². The number of carbonyl (C=O) groups excluding carboxylic acids is 1. The van der Waals surface area contributed by atoms with Gasteiger partial charge in [-0.1, -0.05) is 43.7 Å². The minimum absolute atomic E-state index is 0.0374. The van der Waals surface area contributed by atoms with E-state index in [2.05, 4.69) is 24.1 Å². The molecule has 1 N–H and O–H groups in total. The van der Waals surface area contributed by atoms with E-state index < -0.39 is 0 Å².